The molecule has 0 saturated carbocycles. The van der Waals surface area contributed by atoms with Crippen LogP contribution in [0.15, 0.2) is 18.5 Å². The Morgan fingerprint density at radius 3 is 2.80 bits per heavy atom. The second kappa shape index (κ2) is 5.83. The topological polar surface area (TPSA) is 42.4 Å². The second-order valence-corrected chi connectivity index (χ2v) is 3.74. The Bertz CT molecular complexity index is 301. The zero-order valence-electron chi connectivity index (χ0n) is 9.60. The van der Waals surface area contributed by atoms with Crippen LogP contribution in [0, 0.1) is 6.92 Å². The van der Waals surface area contributed by atoms with Crippen LogP contribution in [0.25, 0.3) is 0 Å². The molecule has 3 heteroatoms. The molecule has 0 aliphatic carbocycles. The molecule has 1 heterocycles. The third-order valence-electron chi connectivity index (χ3n) is 2.63. The van der Waals surface area contributed by atoms with Gasteiger partial charge in [-0.05, 0) is 25.0 Å². The number of hydrogen-bond donors (Lipinski definition) is 1. The van der Waals surface area contributed by atoms with E-state index in [9.17, 15) is 5.11 Å². The van der Waals surface area contributed by atoms with Crippen LogP contribution in [-0.2, 0) is 4.74 Å². The third kappa shape index (κ3) is 3.01. The van der Waals surface area contributed by atoms with E-state index in [0.717, 1.165) is 24.0 Å². The lowest BCUT2D eigenvalue weighted by Gasteiger charge is -2.22. The van der Waals surface area contributed by atoms with E-state index in [4.69, 9.17) is 4.74 Å². The molecule has 0 spiro atoms. The minimum absolute atomic E-state index is 0.141. The summed E-state index contributed by atoms with van der Waals surface area (Å²) in [5, 5.41) is 10.1. The van der Waals surface area contributed by atoms with Crippen LogP contribution in [0.2, 0.25) is 0 Å². The van der Waals surface area contributed by atoms with E-state index in [0.29, 0.717) is 0 Å². The smallest absolute Gasteiger partial charge is 0.107 e. The molecule has 2 atom stereocenters. The first-order valence-electron chi connectivity index (χ1n) is 5.32. The molecule has 0 bridgehead atoms. The molecule has 84 valence electrons. The van der Waals surface area contributed by atoms with Gasteiger partial charge in [0, 0.05) is 25.1 Å². The molecule has 1 aromatic heterocycles. The van der Waals surface area contributed by atoms with Gasteiger partial charge in [-0.1, -0.05) is 13.3 Å². The molecule has 0 fully saturated rings. The lowest BCUT2D eigenvalue weighted by molar-refractivity contribution is -0.0184. The monoisotopic (exact) mass is 209 g/mol. The molecule has 1 aromatic rings. The molecule has 0 radical (unpaired) electrons. The highest BCUT2D eigenvalue weighted by Gasteiger charge is 2.21. The van der Waals surface area contributed by atoms with Gasteiger partial charge in [0.2, 0.25) is 0 Å². The standard InChI is InChI=1S/C12H19NO2/c1-4-5-11(15-3)12(14)10-8-13-7-6-9(10)2/h6-8,11-12,14H,4-5H2,1-3H3. The van der Waals surface area contributed by atoms with Gasteiger partial charge in [-0.3, -0.25) is 4.98 Å². The van der Waals surface area contributed by atoms with Crippen molar-refractivity contribution in [3.8, 4) is 0 Å². The highest BCUT2D eigenvalue weighted by atomic mass is 16.5. The van der Waals surface area contributed by atoms with Crippen LogP contribution in [0.1, 0.15) is 37.0 Å². The number of aliphatic hydroxyl groups is 1. The van der Waals surface area contributed by atoms with Crippen LogP contribution in [0.5, 0.6) is 0 Å². The Morgan fingerprint density at radius 1 is 1.53 bits per heavy atom. The van der Waals surface area contributed by atoms with Crippen molar-refractivity contribution < 1.29 is 9.84 Å². The number of methoxy groups -OCH3 is 1. The molecule has 0 aliphatic rings. The summed E-state index contributed by atoms with van der Waals surface area (Å²) in [4.78, 5) is 4.03. The fraction of sp³-hybridized carbons (Fsp3) is 0.583. The maximum Gasteiger partial charge on any atom is 0.107 e. The molecule has 1 rings (SSSR count). The summed E-state index contributed by atoms with van der Waals surface area (Å²) < 4.78 is 5.28. The molecular formula is C12H19NO2. The zero-order chi connectivity index (χ0) is 11.3. The fourth-order valence-corrected chi connectivity index (χ4v) is 1.68. The molecule has 0 aromatic carbocycles. The van der Waals surface area contributed by atoms with E-state index in [-0.39, 0.29) is 6.10 Å². The van der Waals surface area contributed by atoms with Crippen LogP contribution in [-0.4, -0.2) is 23.3 Å². The molecule has 0 aliphatic heterocycles. The Kier molecular flexibility index (Phi) is 4.72. The Hall–Kier alpha value is -0.930. The molecule has 0 saturated heterocycles. The van der Waals surface area contributed by atoms with Gasteiger partial charge in [0.1, 0.15) is 6.10 Å². The van der Waals surface area contributed by atoms with Crippen LogP contribution in [0.3, 0.4) is 0 Å². The lowest BCUT2D eigenvalue weighted by Crippen LogP contribution is -2.21. The van der Waals surface area contributed by atoms with Crippen molar-refractivity contribution in [2.45, 2.75) is 38.9 Å². The van der Waals surface area contributed by atoms with Gasteiger partial charge >= 0.3 is 0 Å². The largest absolute Gasteiger partial charge is 0.386 e. The lowest BCUT2D eigenvalue weighted by atomic mass is 9.99. The SMILES string of the molecule is CCCC(OC)C(O)c1cnccc1C. The first-order chi connectivity index (χ1) is 7.20. The molecule has 3 nitrogen and oxygen atoms in total. The molecule has 0 amide bonds. The van der Waals surface area contributed by atoms with Gasteiger partial charge in [-0.15, -0.1) is 0 Å². The van der Waals surface area contributed by atoms with Gasteiger partial charge in [0.15, 0.2) is 0 Å². The van der Waals surface area contributed by atoms with E-state index in [1.807, 2.05) is 13.0 Å². The number of nitrogens with zero attached hydrogens (tertiary/aromatic N) is 1. The van der Waals surface area contributed by atoms with Gasteiger partial charge in [0.25, 0.3) is 0 Å². The van der Waals surface area contributed by atoms with Crippen molar-refractivity contribution in [1.82, 2.24) is 4.98 Å². The normalized spacial score (nSPS) is 14.9. The molecule has 15 heavy (non-hydrogen) atoms. The second-order valence-electron chi connectivity index (χ2n) is 3.74. The first-order valence-corrected chi connectivity index (χ1v) is 5.32. The van der Waals surface area contributed by atoms with Gasteiger partial charge < -0.3 is 9.84 Å². The quantitative estimate of drug-likeness (QED) is 0.808. The van der Waals surface area contributed by atoms with E-state index in [2.05, 4.69) is 11.9 Å². The van der Waals surface area contributed by atoms with E-state index < -0.39 is 6.10 Å². The number of hydrogen-bond acceptors (Lipinski definition) is 3. The first kappa shape index (κ1) is 12.1. The van der Waals surface area contributed by atoms with E-state index in [1.54, 1.807) is 19.5 Å². The van der Waals surface area contributed by atoms with Gasteiger partial charge in [-0.25, -0.2) is 0 Å². The summed E-state index contributed by atoms with van der Waals surface area (Å²) in [6.07, 6.45) is 4.57. The van der Waals surface area contributed by atoms with E-state index in [1.165, 1.54) is 0 Å². The predicted molar refractivity (Wildman–Crippen MR) is 59.6 cm³/mol. The summed E-state index contributed by atoms with van der Waals surface area (Å²) >= 11 is 0. The Labute approximate surface area is 91.1 Å². The number of aromatic nitrogens is 1. The highest BCUT2D eigenvalue weighted by molar-refractivity contribution is 5.24. The Morgan fingerprint density at radius 2 is 2.27 bits per heavy atom. The summed E-state index contributed by atoms with van der Waals surface area (Å²) in [5.41, 5.74) is 1.91. The highest BCUT2D eigenvalue weighted by Crippen LogP contribution is 2.23. The number of rotatable bonds is 5. The van der Waals surface area contributed by atoms with E-state index >= 15 is 0 Å². The minimum Gasteiger partial charge on any atom is -0.386 e. The van der Waals surface area contributed by atoms with Crippen molar-refractivity contribution >= 4 is 0 Å². The molecular weight excluding hydrogens is 190 g/mol. The summed E-state index contributed by atoms with van der Waals surface area (Å²) in [6.45, 7) is 4.05. The Balaban J connectivity index is 2.82. The van der Waals surface area contributed by atoms with Crippen molar-refractivity contribution in [3.63, 3.8) is 0 Å². The average Bonchev–Trinajstić information content (AvgIpc) is 2.25. The zero-order valence-corrected chi connectivity index (χ0v) is 9.60. The number of pyridine rings is 1. The number of aliphatic hydroxyl groups excluding tert-OH is 1. The van der Waals surface area contributed by atoms with Crippen molar-refractivity contribution in [1.29, 1.82) is 0 Å². The maximum atomic E-state index is 10.1. The summed E-state index contributed by atoms with van der Waals surface area (Å²) in [6, 6.07) is 1.90. The number of aryl methyl sites for hydroxylation is 1. The minimum atomic E-state index is -0.580. The van der Waals surface area contributed by atoms with Crippen molar-refractivity contribution in [2.24, 2.45) is 0 Å². The average molecular weight is 209 g/mol. The fourth-order valence-electron chi connectivity index (χ4n) is 1.68. The van der Waals surface area contributed by atoms with Gasteiger partial charge in [-0.2, -0.15) is 0 Å². The van der Waals surface area contributed by atoms with Crippen molar-refractivity contribution in [3.05, 3.63) is 29.6 Å². The maximum absolute atomic E-state index is 10.1. The predicted octanol–water partition coefficient (Wildman–Crippen LogP) is 2.24. The van der Waals surface area contributed by atoms with Crippen LogP contribution >= 0.6 is 0 Å². The summed E-state index contributed by atoms with van der Waals surface area (Å²) in [7, 11) is 1.63. The van der Waals surface area contributed by atoms with Gasteiger partial charge in [0.05, 0.1) is 6.10 Å². The van der Waals surface area contributed by atoms with Crippen molar-refractivity contribution in [2.75, 3.05) is 7.11 Å². The van der Waals surface area contributed by atoms with Crippen LogP contribution < -0.4 is 0 Å². The van der Waals surface area contributed by atoms with Crippen LogP contribution in [0.4, 0.5) is 0 Å². The summed E-state index contributed by atoms with van der Waals surface area (Å²) in [5.74, 6) is 0. The molecule has 2 unspecified atom stereocenters. The number of ether oxygens (including phenoxy) is 1. The third-order valence-corrected chi connectivity index (χ3v) is 2.63. The molecule has 1 N–H and O–H groups in total.